The molecule has 0 saturated carbocycles. The number of hydrogen-bond acceptors (Lipinski definition) is 0. The molecule has 0 spiro atoms. The van der Waals surface area contributed by atoms with E-state index in [0.29, 0.717) is 11.1 Å². The molecule has 2 aromatic rings. The van der Waals surface area contributed by atoms with E-state index < -0.39 is 19.3 Å². The molecule has 2 aromatic carbocycles. The van der Waals surface area contributed by atoms with Gasteiger partial charge < -0.3 is 0 Å². The van der Waals surface area contributed by atoms with E-state index in [0.717, 1.165) is 0 Å². The summed E-state index contributed by atoms with van der Waals surface area (Å²) < 4.78 is 46.1. The van der Waals surface area contributed by atoms with Crippen molar-refractivity contribution in [2.75, 3.05) is 0 Å². The van der Waals surface area contributed by atoms with Gasteiger partial charge in [-0.3, -0.25) is 0 Å². The Morgan fingerprint density at radius 3 is 1.56 bits per heavy atom. The summed E-state index contributed by atoms with van der Waals surface area (Å²) in [6.45, 7) is -5.40. The first-order valence-electron chi connectivity index (χ1n) is 8.07. The lowest BCUT2D eigenvalue weighted by atomic mass is 9.94. The number of allylic oxidation sites excluding steroid dienone is 1. The standard InChI is InChI=1S/C16H16/c1-13(2)16(14-9-5-3-6-10-14)15-11-7-4-8-12-15/h3-12H,1-2H3/i1D3,2D3. The second-order valence-electron chi connectivity index (χ2n) is 3.48. The molecule has 16 heavy (non-hydrogen) atoms. The minimum atomic E-state index is -2.70. The summed E-state index contributed by atoms with van der Waals surface area (Å²) in [6.07, 6.45) is 0. The van der Waals surface area contributed by atoms with Crippen molar-refractivity contribution in [1.82, 2.24) is 0 Å². The summed E-state index contributed by atoms with van der Waals surface area (Å²) in [5, 5.41) is 0. The fourth-order valence-corrected chi connectivity index (χ4v) is 1.66. The molecular formula is C16H16. The van der Waals surface area contributed by atoms with Crippen LogP contribution >= 0.6 is 0 Å². The number of benzene rings is 2. The molecule has 0 unspecified atom stereocenters. The van der Waals surface area contributed by atoms with Crippen molar-refractivity contribution in [2.24, 2.45) is 0 Å². The fraction of sp³-hybridized carbons (Fsp3) is 0.125. The Morgan fingerprint density at radius 2 is 1.19 bits per heavy atom. The van der Waals surface area contributed by atoms with Crippen molar-refractivity contribution in [2.45, 2.75) is 13.7 Å². The zero-order valence-electron chi connectivity index (χ0n) is 14.8. The summed E-state index contributed by atoms with van der Waals surface area (Å²) in [5.41, 5.74) is 0.908. The van der Waals surface area contributed by atoms with E-state index >= 15 is 0 Å². The Hall–Kier alpha value is -1.82. The maximum atomic E-state index is 7.69. The third kappa shape index (κ3) is 2.22. The average Bonchev–Trinajstić information content (AvgIpc) is 2.44. The summed E-state index contributed by atoms with van der Waals surface area (Å²) in [4.78, 5) is 0. The highest BCUT2D eigenvalue weighted by Crippen LogP contribution is 2.26. The predicted molar refractivity (Wildman–Crippen MR) is 70.3 cm³/mol. The van der Waals surface area contributed by atoms with Crippen LogP contribution in [0, 0.1) is 0 Å². The van der Waals surface area contributed by atoms with Crippen molar-refractivity contribution < 1.29 is 8.22 Å². The van der Waals surface area contributed by atoms with Crippen molar-refractivity contribution >= 4 is 5.57 Å². The molecule has 0 heterocycles. The molecule has 0 atom stereocenters. The largest absolute Gasteiger partial charge is 0.0680 e. The van der Waals surface area contributed by atoms with Crippen molar-refractivity contribution in [1.29, 1.82) is 0 Å². The normalized spacial score (nSPS) is 17.0. The zero-order valence-corrected chi connectivity index (χ0v) is 8.77. The van der Waals surface area contributed by atoms with Crippen LogP contribution in [-0.2, 0) is 0 Å². The van der Waals surface area contributed by atoms with E-state index in [1.807, 2.05) is 0 Å². The smallest absolute Gasteiger partial charge is 0.0276 e. The molecule has 0 bridgehead atoms. The van der Waals surface area contributed by atoms with Crippen LogP contribution in [0.1, 0.15) is 33.1 Å². The first-order chi connectivity index (χ1) is 10.2. The van der Waals surface area contributed by atoms with Gasteiger partial charge in [-0.25, -0.2) is 0 Å². The average molecular weight is 214 g/mol. The van der Waals surface area contributed by atoms with Crippen LogP contribution in [-0.4, -0.2) is 0 Å². The highest BCUT2D eigenvalue weighted by Gasteiger charge is 2.05. The molecule has 0 amide bonds. The van der Waals surface area contributed by atoms with Crippen LogP contribution in [0.25, 0.3) is 5.57 Å². The van der Waals surface area contributed by atoms with Gasteiger partial charge in [0.15, 0.2) is 0 Å². The third-order valence-electron chi connectivity index (χ3n) is 2.37. The van der Waals surface area contributed by atoms with Crippen LogP contribution in [0.4, 0.5) is 0 Å². The summed E-state index contributed by atoms with van der Waals surface area (Å²) in [7, 11) is 0. The minimum Gasteiger partial charge on any atom is -0.0680 e. The molecule has 0 aromatic heterocycles. The molecule has 0 radical (unpaired) electrons. The summed E-state index contributed by atoms with van der Waals surface area (Å²) in [6, 6.07) is 17.5. The van der Waals surface area contributed by atoms with E-state index in [4.69, 9.17) is 8.22 Å². The molecular weight excluding hydrogens is 192 g/mol. The van der Waals surface area contributed by atoms with Gasteiger partial charge in [-0.05, 0) is 30.4 Å². The number of rotatable bonds is 2. The molecule has 0 nitrogen and oxygen atoms in total. The van der Waals surface area contributed by atoms with Gasteiger partial charge in [-0.1, -0.05) is 66.2 Å². The Kier molecular flexibility index (Phi) is 1.65. The molecule has 0 N–H and O–H groups in total. The fourth-order valence-electron chi connectivity index (χ4n) is 1.66. The van der Waals surface area contributed by atoms with E-state index in [2.05, 4.69) is 0 Å². The Morgan fingerprint density at radius 1 is 0.750 bits per heavy atom. The van der Waals surface area contributed by atoms with Gasteiger partial charge in [-0.2, -0.15) is 0 Å². The number of hydrogen-bond donors (Lipinski definition) is 0. The molecule has 0 aliphatic carbocycles. The van der Waals surface area contributed by atoms with Crippen LogP contribution in [0.2, 0.25) is 0 Å². The Labute approximate surface area is 106 Å². The van der Waals surface area contributed by atoms with Crippen LogP contribution in [0.15, 0.2) is 66.2 Å². The van der Waals surface area contributed by atoms with Gasteiger partial charge in [0, 0.05) is 8.22 Å². The highest BCUT2D eigenvalue weighted by molar-refractivity contribution is 5.81. The van der Waals surface area contributed by atoms with Crippen LogP contribution in [0.5, 0.6) is 0 Å². The van der Waals surface area contributed by atoms with Crippen molar-refractivity contribution in [3.05, 3.63) is 77.4 Å². The van der Waals surface area contributed by atoms with Gasteiger partial charge in [-0.15, -0.1) is 0 Å². The van der Waals surface area contributed by atoms with Crippen LogP contribution in [0.3, 0.4) is 0 Å². The van der Waals surface area contributed by atoms with Gasteiger partial charge in [0.05, 0.1) is 0 Å². The van der Waals surface area contributed by atoms with E-state index in [9.17, 15) is 0 Å². The quantitative estimate of drug-likeness (QED) is 0.689. The highest BCUT2D eigenvalue weighted by atomic mass is 14.1. The second-order valence-corrected chi connectivity index (χ2v) is 3.48. The summed E-state index contributed by atoms with van der Waals surface area (Å²) in [5.74, 6) is 0. The molecule has 0 aliphatic rings. The van der Waals surface area contributed by atoms with Gasteiger partial charge >= 0.3 is 0 Å². The lowest BCUT2D eigenvalue weighted by molar-refractivity contribution is 1.37. The van der Waals surface area contributed by atoms with Crippen LogP contribution < -0.4 is 0 Å². The molecule has 80 valence electrons. The monoisotopic (exact) mass is 214 g/mol. The first kappa shape index (κ1) is 5.49. The minimum absolute atomic E-state index is 0.251. The zero-order chi connectivity index (χ0) is 16.4. The molecule has 0 fully saturated rings. The lowest BCUT2D eigenvalue weighted by Gasteiger charge is -2.10. The van der Waals surface area contributed by atoms with Gasteiger partial charge in [0.25, 0.3) is 0 Å². The second kappa shape index (κ2) is 4.80. The maximum Gasteiger partial charge on any atom is 0.0276 e. The van der Waals surface area contributed by atoms with E-state index in [1.54, 1.807) is 60.7 Å². The Bertz CT molecular complexity index is 593. The Balaban J connectivity index is 2.85. The lowest BCUT2D eigenvalue weighted by Crippen LogP contribution is -1.89. The van der Waals surface area contributed by atoms with Crippen molar-refractivity contribution in [3.8, 4) is 0 Å². The maximum absolute atomic E-state index is 7.69. The molecule has 2 rings (SSSR count). The first-order valence-corrected chi connectivity index (χ1v) is 5.07. The van der Waals surface area contributed by atoms with Crippen molar-refractivity contribution in [3.63, 3.8) is 0 Å². The topological polar surface area (TPSA) is 0 Å². The molecule has 0 aliphatic heterocycles. The van der Waals surface area contributed by atoms with Gasteiger partial charge in [0.2, 0.25) is 0 Å². The molecule has 0 saturated heterocycles. The summed E-state index contributed by atoms with van der Waals surface area (Å²) >= 11 is 0. The van der Waals surface area contributed by atoms with E-state index in [1.165, 1.54) is 0 Å². The SMILES string of the molecule is [2H]C([2H])([2H])C(=C(c1ccccc1)c1ccccc1)C([2H])([2H])[2H]. The third-order valence-corrected chi connectivity index (χ3v) is 2.37. The molecule has 0 heteroatoms. The predicted octanol–water partition coefficient (Wildman–Crippen LogP) is 4.53. The van der Waals surface area contributed by atoms with Gasteiger partial charge in [0.1, 0.15) is 0 Å². The van der Waals surface area contributed by atoms with E-state index in [-0.39, 0.29) is 5.57 Å².